The molecule has 0 saturated heterocycles. The van der Waals surface area contributed by atoms with Crippen molar-refractivity contribution in [3.05, 3.63) is 53.6 Å². The first kappa shape index (κ1) is 20.1. The van der Waals surface area contributed by atoms with E-state index < -0.39 is 20.9 Å². The van der Waals surface area contributed by atoms with E-state index in [1.165, 1.54) is 12.1 Å². The second kappa shape index (κ2) is 6.83. The van der Waals surface area contributed by atoms with E-state index in [1.807, 2.05) is 41.5 Å². The molecule has 0 atom stereocenters. The van der Waals surface area contributed by atoms with Gasteiger partial charge in [-0.2, -0.15) is 8.42 Å². The van der Waals surface area contributed by atoms with Crippen molar-refractivity contribution >= 4 is 21.6 Å². The van der Waals surface area contributed by atoms with Gasteiger partial charge in [-0.05, 0) is 35.1 Å². The highest BCUT2D eigenvalue weighted by molar-refractivity contribution is 7.86. The number of oxime groups is 1. The van der Waals surface area contributed by atoms with Crippen molar-refractivity contribution in [1.29, 1.82) is 0 Å². The molecule has 1 aromatic carbocycles. The second-order valence-corrected chi connectivity index (χ2v) is 9.83. The van der Waals surface area contributed by atoms with Crippen molar-refractivity contribution in [2.75, 3.05) is 0 Å². The molecule has 0 N–H and O–H groups in total. The van der Waals surface area contributed by atoms with Crippen LogP contribution in [-0.2, 0) is 19.2 Å². The van der Waals surface area contributed by atoms with Crippen LogP contribution in [0.5, 0.6) is 0 Å². The summed E-state index contributed by atoms with van der Waals surface area (Å²) in [5.41, 5.74) is 0.648. The zero-order valence-electron chi connectivity index (χ0n) is 16.0. The van der Waals surface area contributed by atoms with Gasteiger partial charge in [-0.25, -0.2) is 0 Å². The lowest BCUT2D eigenvalue weighted by Gasteiger charge is -2.30. The number of hydrogen-bond acceptors (Lipinski definition) is 5. The maximum absolute atomic E-state index is 12.8. The maximum Gasteiger partial charge on any atom is 0.358 e. The summed E-state index contributed by atoms with van der Waals surface area (Å²) >= 11 is 0. The number of nitrogens with zero attached hydrogens (tertiary/aromatic N) is 1. The van der Waals surface area contributed by atoms with Gasteiger partial charge in [-0.3, -0.25) is 9.08 Å². The van der Waals surface area contributed by atoms with Gasteiger partial charge in [0.05, 0.1) is 0 Å². The van der Waals surface area contributed by atoms with Gasteiger partial charge >= 0.3 is 10.1 Å². The molecule has 0 amide bonds. The molecule has 0 heterocycles. The third kappa shape index (κ3) is 4.49. The minimum absolute atomic E-state index is 0.0243. The smallest absolute Gasteiger partial charge is 0.289 e. The van der Waals surface area contributed by atoms with Crippen LogP contribution in [0, 0.1) is 10.8 Å². The Morgan fingerprint density at radius 1 is 0.846 bits per heavy atom. The fourth-order valence-corrected chi connectivity index (χ4v) is 3.26. The normalized spacial score (nSPS) is 16.1. The Morgan fingerprint density at radius 3 is 1.73 bits per heavy atom. The van der Waals surface area contributed by atoms with Gasteiger partial charge in [-0.15, -0.1) is 0 Å². The number of carbonyl (C=O) groups is 1. The summed E-state index contributed by atoms with van der Waals surface area (Å²) < 4.78 is 29.4. The molecular formula is C20H25NO4S. The fraction of sp³-hybridized carbons (Fsp3) is 0.400. The fourth-order valence-electron chi connectivity index (χ4n) is 2.50. The van der Waals surface area contributed by atoms with Crippen LogP contribution in [0.2, 0.25) is 0 Å². The second-order valence-electron chi connectivity index (χ2n) is 8.30. The first-order valence-electron chi connectivity index (χ1n) is 8.38. The minimum atomic E-state index is -4.01. The molecule has 1 aliphatic carbocycles. The predicted octanol–water partition coefficient (Wildman–Crippen LogP) is 4.28. The molecule has 5 nitrogen and oxygen atoms in total. The third-order valence-corrected chi connectivity index (χ3v) is 5.08. The minimum Gasteiger partial charge on any atom is -0.289 e. The Kier molecular flexibility index (Phi) is 5.29. The highest BCUT2D eigenvalue weighted by atomic mass is 32.2. The number of carbonyl (C=O) groups excluding carboxylic acids is 1. The quantitative estimate of drug-likeness (QED) is 0.584. The van der Waals surface area contributed by atoms with Crippen molar-refractivity contribution < 1.29 is 17.5 Å². The molecule has 0 bridgehead atoms. The SMILES string of the molecule is CC(C)(C)C1=CC(=NOS(=O)(=O)c2ccccc2)C=C(C(C)(C)C)C1=O. The van der Waals surface area contributed by atoms with Crippen molar-refractivity contribution in [2.24, 2.45) is 16.0 Å². The summed E-state index contributed by atoms with van der Waals surface area (Å²) in [4.78, 5) is 12.9. The van der Waals surface area contributed by atoms with Gasteiger partial charge in [0.1, 0.15) is 10.6 Å². The zero-order chi connectivity index (χ0) is 19.8. The molecule has 0 aliphatic heterocycles. The standard InChI is InChI=1S/C20H25NO4S/c1-19(2,3)16-12-14(13-17(18(16)22)20(4,5)6)21-25-26(23,24)15-10-8-7-9-11-15/h7-13H,1-6H3. The number of allylic oxidation sites excluding steroid dienone is 4. The molecule has 0 spiro atoms. The van der Waals surface area contributed by atoms with Crippen LogP contribution in [0.25, 0.3) is 0 Å². The van der Waals surface area contributed by atoms with E-state index in [4.69, 9.17) is 4.28 Å². The molecule has 6 heteroatoms. The van der Waals surface area contributed by atoms with Crippen LogP contribution in [0.1, 0.15) is 41.5 Å². The van der Waals surface area contributed by atoms with E-state index in [-0.39, 0.29) is 10.7 Å². The summed E-state index contributed by atoms with van der Waals surface area (Å²) in [5.74, 6) is -0.0464. The predicted molar refractivity (Wildman–Crippen MR) is 102 cm³/mol. The van der Waals surface area contributed by atoms with Gasteiger partial charge in [-0.1, -0.05) is 64.9 Å². The summed E-state index contributed by atoms with van der Waals surface area (Å²) in [6.07, 6.45) is 3.19. The topological polar surface area (TPSA) is 72.8 Å². The van der Waals surface area contributed by atoms with Gasteiger partial charge in [0.15, 0.2) is 5.78 Å². The Hall–Kier alpha value is -2.21. The number of benzene rings is 1. The van der Waals surface area contributed by atoms with Crippen LogP contribution in [0.3, 0.4) is 0 Å². The highest BCUT2D eigenvalue weighted by Gasteiger charge is 2.34. The van der Waals surface area contributed by atoms with Gasteiger partial charge in [0.25, 0.3) is 0 Å². The van der Waals surface area contributed by atoms with Crippen molar-refractivity contribution in [1.82, 2.24) is 0 Å². The first-order chi connectivity index (χ1) is 11.8. The Balaban J connectivity index is 2.45. The molecule has 2 rings (SSSR count). The van der Waals surface area contributed by atoms with Crippen LogP contribution in [-0.4, -0.2) is 19.9 Å². The van der Waals surface area contributed by atoms with Crippen LogP contribution >= 0.6 is 0 Å². The van der Waals surface area contributed by atoms with Crippen LogP contribution in [0.4, 0.5) is 0 Å². The van der Waals surface area contributed by atoms with E-state index in [2.05, 4.69) is 5.16 Å². The van der Waals surface area contributed by atoms with E-state index >= 15 is 0 Å². The maximum atomic E-state index is 12.8. The van der Waals surface area contributed by atoms with E-state index in [0.29, 0.717) is 16.9 Å². The molecule has 26 heavy (non-hydrogen) atoms. The highest BCUT2D eigenvalue weighted by Crippen LogP contribution is 2.37. The number of Topliss-reactive ketones (excluding diaryl/α,β-unsaturated/α-hetero) is 1. The third-order valence-electron chi connectivity index (χ3n) is 3.96. The van der Waals surface area contributed by atoms with Crippen LogP contribution < -0.4 is 0 Å². The lowest BCUT2D eigenvalue weighted by Crippen LogP contribution is -2.29. The molecule has 140 valence electrons. The van der Waals surface area contributed by atoms with E-state index in [1.54, 1.807) is 30.4 Å². The number of hydrogen-bond donors (Lipinski definition) is 0. The Bertz CT molecular complexity index is 857. The average Bonchev–Trinajstić information content (AvgIpc) is 2.52. The van der Waals surface area contributed by atoms with Gasteiger partial charge < -0.3 is 0 Å². The summed E-state index contributed by atoms with van der Waals surface area (Å²) in [7, 11) is -4.01. The summed E-state index contributed by atoms with van der Waals surface area (Å²) in [6, 6.07) is 7.81. The van der Waals surface area contributed by atoms with E-state index in [0.717, 1.165) is 0 Å². The van der Waals surface area contributed by atoms with Gasteiger partial charge in [0.2, 0.25) is 0 Å². The average molecular weight is 375 g/mol. The molecular weight excluding hydrogens is 350 g/mol. The zero-order valence-corrected chi connectivity index (χ0v) is 16.8. The number of ketones is 1. The lowest BCUT2D eigenvalue weighted by atomic mass is 9.72. The van der Waals surface area contributed by atoms with E-state index in [9.17, 15) is 13.2 Å². The number of rotatable bonds is 3. The van der Waals surface area contributed by atoms with Gasteiger partial charge in [0, 0.05) is 11.1 Å². The molecule has 0 saturated carbocycles. The largest absolute Gasteiger partial charge is 0.358 e. The summed E-state index contributed by atoms with van der Waals surface area (Å²) in [6.45, 7) is 11.6. The first-order valence-corrected chi connectivity index (χ1v) is 9.79. The molecule has 0 aromatic heterocycles. The molecule has 0 fully saturated rings. The lowest BCUT2D eigenvalue weighted by molar-refractivity contribution is -0.114. The Labute approximate surface area is 155 Å². The monoisotopic (exact) mass is 375 g/mol. The van der Waals surface area contributed by atoms with Crippen molar-refractivity contribution in [2.45, 2.75) is 46.4 Å². The van der Waals surface area contributed by atoms with Crippen molar-refractivity contribution in [3.8, 4) is 0 Å². The van der Waals surface area contributed by atoms with Crippen molar-refractivity contribution in [3.63, 3.8) is 0 Å². The molecule has 0 unspecified atom stereocenters. The Morgan fingerprint density at radius 2 is 1.31 bits per heavy atom. The van der Waals surface area contributed by atoms with Crippen LogP contribution in [0.15, 0.2) is 63.7 Å². The summed E-state index contributed by atoms with van der Waals surface area (Å²) in [5, 5.41) is 3.82. The molecule has 0 radical (unpaired) electrons. The molecule has 1 aromatic rings. The molecule has 1 aliphatic rings.